The number of nitrogens with zero attached hydrogens (tertiary/aromatic N) is 2. The summed E-state index contributed by atoms with van der Waals surface area (Å²) in [5, 5.41) is 2.72. The Kier molecular flexibility index (Phi) is 5.83. The van der Waals surface area contributed by atoms with Crippen molar-refractivity contribution in [3.63, 3.8) is 0 Å². The Bertz CT molecular complexity index is 1260. The van der Waals surface area contributed by atoms with Crippen LogP contribution in [0.15, 0.2) is 36.4 Å². The predicted octanol–water partition coefficient (Wildman–Crippen LogP) is 4.24. The van der Waals surface area contributed by atoms with Crippen LogP contribution in [0.4, 0.5) is 28.4 Å². The molecule has 2 heterocycles. The van der Waals surface area contributed by atoms with E-state index in [0.29, 0.717) is 24.2 Å². The number of thiazole rings is 1. The summed E-state index contributed by atoms with van der Waals surface area (Å²) in [7, 11) is 0. The maximum atomic E-state index is 15.1. The molecule has 0 radical (unpaired) electrons. The van der Waals surface area contributed by atoms with Gasteiger partial charge in [-0.15, -0.1) is 11.3 Å². The third kappa shape index (κ3) is 4.40. The summed E-state index contributed by atoms with van der Waals surface area (Å²) in [4.78, 5) is 30.9. The molecular formula is C22H18F4N4O2S. The van der Waals surface area contributed by atoms with E-state index in [4.69, 9.17) is 5.73 Å². The minimum absolute atomic E-state index is 0.00870. The zero-order valence-corrected chi connectivity index (χ0v) is 18.1. The molecule has 4 rings (SSSR count). The molecule has 172 valence electrons. The van der Waals surface area contributed by atoms with E-state index >= 15 is 8.78 Å². The molecule has 0 bridgehead atoms. The number of carbonyl (C=O) groups excluding carboxylic acids is 2. The van der Waals surface area contributed by atoms with E-state index in [1.807, 2.05) is 0 Å². The molecule has 33 heavy (non-hydrogen) atoms. The van der Waals surface area contributed by atoms with Crippen LogP contribution in [0.1, 0.15) is 32.1 Å². The van der Waals surface area contributed by atoms with E-state index < -0.39 is 34.9 Å². The lowest BCUT2D eigenvalue weighted by atomic mass is 10.0. The first-order valence-corrected chi connectivity index (χ1v) is 10.7. The van der Waals surface area contributed by atoms with E-state index in [9.17, 15) is 18.4 Å². The van der Waals surface area contributed by atoms with E-state index in [1.165, 1.54) is 30.4 Å². The van der Waals surface area contributed by atoms with Gasteiger partial charge in [-0.1, -0.05) is 0 Å². The molecule has 3 N–H and O–H groups in total. The third-order valence-corrected chi connectivity index (χ3v) is 6.27. The van der Waals surface area contributed by atoms with Gasteiger partial charge in [-0.25, -0.2) is 13.8 Å². The van der Waals surface area contributed by atoms with Crippen molar-refractivity contribution in [1.82, 2.24) is 9.88 Å². The second-order valence-electron chi connectivity index (χ2n) is 7.59. The summed E-state index contributed by atoms with van der Waals surface area (Å²) in [6.45, 7) is 1.34. The lowest BCUT2D eigenvalue weighted by Crippen LogP contribution is -2.44. The standard InChI is InChI=1S/C22H18F4N4O2S/c1-11-8-13(3-5-15(11)23)28-19(31)12-2-4-16(24)14(9-12)22(25,26)20(32)30-7-6-18-17(10-30)29-21(27)33-18/h2-5,8-9H,6-7,10H2,1H3,(H2,27,29)(H,28,31). The molecule has 0 atom stereocenters. The number of alkyl halides is 2. The fourth-order valence-corrected chi connectivity index (χ4v) is 4.37. The van der Waals surface area contributed by atoms with Gasteiger partial charge in [-0.2, -0.15) is 8.78 Å². The number of aromatic nitrogens is 1. The predicted molar refractivity (Wildman–Crippen MR) is 115 cm³/mol. The number of nitrogens with one attached hydrogen (secondary N) is 1. The number of aryl methyl sites for hydroxylation is 1. The summed E-state index contributed by atoms with van der Waals surface area (Å²) in [5.41, 5.74) is 5.10. The monoisotopic (exact) mass is 478 g/mol. The number of nitrogens with two attached hydrogens (primary N) is 1. The van der Waals surface area contributed by atoms with Gasteiger partial charge in [0.2, 0.25) is 0 Å². The number of fused-ring (bicyclic) bond motifs is 1. The Labute approximate surface area is 190 Å². The molecule has 2 aromatic carbocycles. The van der Waals surface area contributed by atoms with E-state index in [0.717, 1.165) is 21.9 Å². The summed E-state index contributed by atoms with van der Waals surface area (Å²) in [6.07, 6.45) is 0.314. The summed E-state index contributed by atoms with van der Waals surface area (Å²) in [6, 6.07) is 6.19. The number of nitrogen functional groups attached to an aromatic ring is 1. The van der Waals surface area contributed by atoms with Crippen molar-refractivity contribution in [3.05, 3.63) is 75.3 Å². The zero-order chi connectivity index (χ0) is 23.9. The molecule has 1 aliphatic heterocycles. The molecule has 1 aromatic heterocycles. The van der Waals surface area contributed by atoms with Crippen LogP contribution in [0.2, 0.25) is 0 Å². The molecule has 11 heteroatoms. The Morgan fingerprint density at radius 2 is 1.88 bits per heavy atom. The minimum Gasteiger partial charge on any atom is -0.375 e. The van der Waals surface area contributed by atoms with Gasteiger partial charge >= 0.3 is 5.92 Å². The van der Waals surface area contributed by atoms with Crippen molar-refractivity contribution < 1.29 is 27.2 Å². The van der Waals surface area contributed by atoms with Crippen molar-refractivity contribution in [3.8, 4) is 0 Å². The van der Waals surface area contributed by atoms with Crippen LogP contribution in [0.3, 0.4) is 0 Å². The number of carbonyl (C=O) groups is 2. The van der Waals surface area contributed by atoms with Crippen LogP contribution in [-0.2, 0) is 23.7 Å². The minimum atomic E-state index is -4.22. The average molecular weight is 478 g/mol. The van der Waals surface area contributed by atoms with Gasteiger partial charge in [0, 0.05) is 29.1 Å². The Morgan fingerprint density at radius 1 is 1.15 bits per heavy atom. The van der Waals surface area contributed by atoms with E-state index in [2.05, 4.69) is 10.3 Å². The topological polar surface area (TPSA) is 88.3 Å². The van der Waals surface area contributed by atoms with Gasteiger partial charge in [0.05, 0.1) is 17.8 Å². The first-order valence-electron chi connectivity index (χ1n) is 9.85. The van der Waals surface area contributed by atoms with Crippen molar-refractivity contribution in [2.45, 2.75) is 25.8 Å². The van der Waals surface area contributed by atoms with Gasteiger partial charge in [0.25, 0.3) is 11.8 Å². The lowest BCUT2D eigenvalue weighted by molar-refractivity contribution is -0.160. The molecule has 0 spiro atoms. The van der Waals surface area contributed by atoms with Crippen LogP contribution in [0.25, 0.3) is 0 Å². The van der Waals surface area contributed by atoms with E-state index in [1.54, 1.807) is 0 Å². The average Bonchev–Trinajstić information content (AvgIpc) is 3.15. The maximum absolute atomic E-state index is 15.1. The largest absolute Gasteiger partial charge is 0.375 e. The number of benzene rings is 2. The van der Waals surface area contributed by atoms with Crippen molar-refractivity contribution in [2.24, 2.45) is 0 Å². The number of halogens is 4. The molecule has 2 amide bonds. The van der Waals surface area contributed by atoms with Crippen molar-refractivity contribution in [1.29, 1.82) is 0 Å². The lowest BCUT2D eigenvalue weighted by Gasteiger charge is -2.29. The smallest absolute Gasteiger partial charge is 0.352 e. The second-order valence-corrected chi connectivity index (χ2v) is 8.70. The molecule has 0 unspecified atom stereocenters. The third-order valence-electron chi connectivity index (χ3n) is 5.28. The molecule has 1 aliphatic rings. The van der Waals surface area contributed by atoms with Crippen LogP contribution >= 0.6 is 11.3 Å². The molecule has 0 saturated carbocycles. The number of anilines is 2. The SMILES string of the molecule is Cc1cc(NC(=O)c2ccc(F)c(C(F)(F)C(=O)N3CCc4sc(N)nc4C3)c2)ccc1F. The molecule has 0 saturated heterocycles. The molecule has 6 nitrogen and oxygen atoms in total. The highest BCUT2D eigenvalue weighted by atomic mass is 32.1. The highest BCUT2D eigenvalue weighted by molar-refractivity contribution is 7.15. The first kappa shape index (κ1) is 22.7. The summed E-state index contributed by atoms with van der Waals surface area (Å²) < 4.78 is 58.0. The fraction of sp³-hybridized carbons (Fsp3) is 0.227. The number of rotatable bonds is 4. The van der Waals surface area contributed by atoms with Crippen molar-refractivity contribution >= 4 is 34.0 Å². The highest BCUT2D eigenvalue weighted by Crippen LogP contribution is 2.35. The van der Waals surface area contributed by atoms with Gasteiger partial charge in [-0.3, -0.25) is 9.59 Å². The Morgan fingerprint density at radius 3 is 2.61 bits per heavy atom. The number of hydrogen-bond donors (Lipinski definition) is 2. The number of hydrogen-bond acceptors (Lipinski definition) is 5. The summed E-state index contributed by atoms with van der Waals surface area (Å²) in [5.74, 6) is -8.42. The van der Waals surface area contributed by atoms with Crippen LogP contribution < -0.4 is 11.1 Å². The van der Waals surface area contributed by atoms with Crippen LogP contribution in [-0.4, -0.2) is 28.2 Å². The second kappa shape index (κ2) is 8.47. The normalized spacial score (nSPS) is 13.5. The zero-order valence-electron chi connectivity index (χ0n) is 17.3. The Hall–Kier alpha value is -3.47. The highest BCUT2D eigenvalue weighted by Gasteiger charge is 2.47. The number of amides is 2. The molecule has 0 aliphatic carbocycles. The maximum Gasteiger partial charge on any atom is 0.352 e. The van der Waals surface area contributed by atoms with Gasteiger partial charge in [0.1, 0.15) is 11.6 Å². The van der Waals surface area contributed by atoms with Gasteiger partial charge in [0.15, 0.2) is 5.13 Å². The van der Waals surface area contributed by atoms with Crippen LogP contribution in [0.5, 0.6) is 0 Å². The summed E-state index contributed by atoms with van der Waals surface area (Å²) >= 11 is 1.23. The van der Waals surface area contributed by atoms with Crippen LogP contribution in [0, 0.1) is 18.6 Å². The van der Waals surface area contributed by atoms with Gasteiger partial charge < -0.3 is 16.0 Å². The molecule has 3 aromatic rings. The molecular weight excluding hydrogens is 460 g/mol. The quantitative estimate of drug-likeness (QED) is 0.549. The first-order chi connectivity index (χ1) is 15.6. The van der Waals surface area contributed by atoms with Crippen molar-refractivity contribution in [2.75, 3.05) is 17.6 Å². The fourth-order valence-electron chi connectivity index (χ4n) is 3.54. The Balaban J connectivity index is 1.57. The van der Waals surface area contributed by atoms with Gasteiger partial charge in [-0.05, 0) is 48.9 Å². The van der Waals surface area contributed by atoms with E-state index in [-0.39, 0.29) is 35.0 Å². The molecule has 0 fully saturated rings.